The molecule has 2 aromatic heterocycles. The molecular weight excluding hydrogens is 270 g/mol. The van der Waals surface area contributed by atoms with E-state index in [0.29, 0.717) is 17.9 Å². The maximum atomic E-state index is 11.3. The lowest BCUT2D eigenvalue weighted by Gasteiger charge is -2.32. The van der Waals surface area contributed by atoms with Gasteiger partial charge in [0.25, 0.3) is 0 Å². The number of hydrogen-bond acceptors (Lipinski definition) is 4. The van der Waals surface area contributed by atoms with E-state index in [9.17, 15) is 10.1 Å². The average Bonchev–Trinajstić information content (AvgIpc) is 2.85. The van der Waals surface area contributed by atoms with Gasteiger partial charge in [0.15, 0.2) is 0 Å². The summed E-state index contributed by atoms with van der Waals surface area (Å²) in [5.74, 6) is 0.338. The zero-order valence-electron chi connectivity index (χ0n) is 12.7. The number of aromatic nitrogens is 2. The molecule has 2 heterocycles. The molecular formula is C14H22N5O2+. The highest BCUT2D eigenvalue weighted by Crippen LogP contribution is 2.28. The van der Waals surface area contributed by atoms with Gasteiger partial charge in [0, 0.05) is 6.20 Å². The lowest BCUT2D eigenvalue weighted by atomic mass is 10.3. The normalized spacial score (nSPS) is 11.8. The zero-order valence-corrected chi connectivity index (χ0v) is 12.7. The van der Waals surface area contributed by atoms with Gasteiger partial charge in [-0.1, -0.05) is 6.07 Å². The molecule has 0 unspecified atom stereocenters. The van der Waals surface area contributed by atoms with Crippen LogP contribution in [0.5, 0.6) is 0 Å². The molecule has 0 fully saturated rings. The summed E-state index contributed by atoms with van der Waals surface area (Å²) in [5.41, 5.74) is 0.547. The summed E-state index contributed by atoms with van der Waals surface area (Å²) in [5, 5.41) is 18.7. The maximum Gasteiger partial charge on any atom is 0.338 e. The van der Waals surface area contributed by atoms with Crippen molar-refractivity contribution in [3.63, 3.8) is 0 Å². The molecule has 2 aromatic rings. The van der Waals surface area contributed by atoms with Crippen molar-refractivity contribution < 1.29 is 9.41 Å². The van der Waals surface area contributed by atoms with Crippen LogP contribution in [0.15, 0.2) is 24.4 Å². The van der Waals surface area contributed by atoms with Gasteiger partial charge in [0.1, 0.15) is 5.52 Å². The van der Waals surface area contributed by atoms with E-state index in [1.165, 1.54) is 4.52 Å². The smallest absolute Gasteiger partial charge is 0.338 e. The number of pyridine rings is 1. The summed E-state index contributed by atoms with van der Waals surface area (Å²) >= 11 is 0. The summed E-state index contributed by atoms with van der Waals surface area (Å²) in [6.07, 6.45) is 1.71. The number of hydrogen-bond donors (Lipinski definition) is 1. The van der Waals surface area contributed by atoms with Crippen LogP contribution < -0.4 is 5.32 Å². The third-order valence-corrected chi connectivity index (χ3v) is 4.17. The minimum absolute atomic E-state index is 0.0396. The van der Waals surface area contributed by atoms with E-state index < -0.39 is 0 Å². The Morgan fingerprint density at radius 3 is 2.71 bits per heavy atom. The summed E-state index contributed by atoms with van der Waals surface area (Å²) in [6, 6.07) is 5.28. The highest BCUT2D eigenvalue weighted by atomic mass is 16.6. The fourth-order valence-corrected chi connectivity index (χ4v) is 2.27. The van der Waals surface area contributed by atoms with Gasteiger partial charge >= 0.3 is 5.69 Å². The van der Waals surface area contributed by atoms with Crippen molar-refractivity contribution in [2.75, 3.05) is 38.5 Å². The monoisotopic (exact) mass is 292 g/mol. The number of quaternary nitrogens is 1. The van der Waals surface area contributed by atoms with E-state index in [0.717, 1.165) is 24.1 Å². The van der Waals surface area contributed by atoms with Crippen molar-refractivity contribution in [2.24, 2.45) is 0 Å². The standard InChI is InChI=1S/C14H22N5O2/c1-4-19(3,5-2)11-9-15-14-13(18(20)21)12-8-6-7-10-17(12)16-14/h6-8,10H,4-5,9,11H2,1-3H3,(H,15,16)/q+1. The molecule has 0 aliphatic heterocycles. The van der Waals surface area contributed by atoms with Crippen LogP contribution in [-0.2, 0) is 0 Å². The predicted molar refractivity (Wildman–Crippen MR) is 82.5 cm³/mol. The highest BCUT2D eigenvalue weighted by Gasteiger charge is 2.24. The SMILES string of the molecule is CC[N+](C)(CC)CCNc1nn2ccccc2c1[N+](=O)[O-]. The van der Waals surface area contributed by atoms with E-state index in [1.807, 2.05) is 0 Å². The van der Waals surface area contributed by atoms with Crippen LogP contribution in [0.2, 0.25) is 0 Å². The molecule has 7 heteroatoms. The van der Waals surface area contributed by atoms with Gasteiger partial charge in [-0.05, 0) is 26.0 Å². The van der Waals surface area contributed by atoms with Crippen molar-refractivity contribution in [3.8, 4) is 0 Å². The van der Waals surface area contributed by atoms with Crippen LogP contribution >= 0.6 is 0 Å². The van der Waals surface area contributed by atoms with Crippen molar-refractivity contribution in [1.29, 1.82) is 0 Å². The topological polar surface area (TPSA) is 72.5 Å². The molecule has 114 valence electrons. The molecule has 0 saturated carbocycles. The molecule has 0 aliphatic carbocycles. The number of nitrogens with one attached hydrogen (secondary N) is 1. The molecule has 7 nitrogen and oxygen atoms in total. The number of anilines is 1. The average molecular weight is 292 g/mol. The maximum absolute atomic E-state index is 11.3. The summed E-state index contributed by atoms with van der Waals surface area (Å²) in [4.78, 5) is 10.9. The van der Waals surface area contributed by atoms with E-state index in [2.05, 4.69) is 31.3 Å². The van der Waals surface area contributed by atoms with Crippen LogP contribution in [0.25, 0.3) is 5.52 Å². The highest BCUT2D eigenvalue weighted by molar-refractivity contribution is 5.76. The van der Waals surface area contributed by atoms with E-state index >= 15 is 0 Å². The Balaban J connectivity index is 2.19. The van der Waals surface area contributed by atoms with Gasteiger partial charge in [-0.2, -0.15) is 0 Å². The van der Waals surface area contributed by atoms with Crippen molar-refractivity contribution >= 4 is 17.0 Å². The van der Waals surface area contributed by atoms with Gasteiger partial charge in [-0.3, -0.25) is 10.1 Å². The number of nitro groups is 1. The number of rotatable bonds is 7. The number of fused-ring (bicyclic) bond motifs is 1. The Morgan fingerprint density at radius 2 is 2.10 bits per heavy atom. The van der Waals surface area contributed by atoms with Crippen molar-refractivity contribution in [3.05, 3.63) is 34.5 Å². The molecule has 1 N–H and O–H groups in total. The predicted octanol–water partition coefficient (Wildman–Crippen LogP) is 2.14. The third-order valence-electron chi connectivity index (χ3n) is 4.17. The van der Waals surface area contributed by atoms with Crippen LogP contribution in [0.4, 0.5) is 11.5 Å². The molecule has 21 heavy (non-hydrogen) atoms. The fourth-order valence-electron chi connectivity index (χ4n) is 2.27. The van der Waals surface area contributed by atoms with Gasteiger partial charge in [-0.25, -0.2) is 4.52 Å². The van der Waals surface area contributed by atoms with Crippen LogP contribution in [0.1, 0.15) is 13.8 Å². The van der Waals surface area contributed by atoms with E-state index in [-0.39, 0.29) is 10.6 Å². The number of likely N-dealkylation sites (N-methyl/N-ethyl adjacent to an activating group) is 1. The second kappa shape index (κ2) is 6.09. The quantitative estimate of drug-likeness (QED) is 0.482. The Labute approximate surface area is 123 Å². The molecule has 0 aliphatic rings. The first-order valence-corrected chi connectivity index (χ1v) is 7.20. The third kappa shape index (κ3) is 3.13. The molecule has 0 bridgehead atoms. The Hall–Kier alpha value is -2.15. The van der Waals surface area contributed by atoms with Gasteiger partial charge in [0.2, 0.25) is 5.82 Å². The summed E-state index contributed by atoms with van der Waals surface area (Å²) < 4.78 is 2.46. The second-order valence-electron chi connectivity index (χ2n) is 5.39. The van der Waals surface area contributed by atoms with Gasteiger partial charge in [0.05, 0.1) is 38.2 Å². The lowest BCUT2D eigenvalue weighted by Crippen LogP contribution is -2.46. The first-order chi connectivity index (χ1) is 10.0. The molecule has 0 atom stereocenters. The summed E-state index contributed by atoms with van der Waals surface area (Å²) in [6.45, 7) is 7.92. The van der Waals surface area contributed by atoms with E-state index in [1.54, 1.807) is 24.4 Å². The Kier molecular flexibility index (Phi) is 4.42. The molecule has 2 rings (SSSR count). The Morgan fingerprint density at radius 1 is 1.38 bits per heavy atom. The van der Waals surface area contributed by atoms with E-state index in [4.69, 9.17) is 0 Å². The molecule has 0 aromatic carbocycles. The fraction of sp³-hybridized carbons (Fsp3) is 0.500. The summed E-state index contributed by atoms with van der Waals surface area (Å²) in [7, 11) is 2.18. The van der Waals surface area contributed by atoms with Crippen molar-refractivity contribution in [1.82, 2.24) is 9.61 Å². The largest absolute Gasteiger partial charge is 0.357 e. The zero-order chi connectivity index (χ0) is 15.5. The molecule has 0 spiro atoms. The van der Waals surface area contributed by atoms with Gasteiger partial charge < -0.3 is 9.80 Å². The van der Waals surface area contributed by atoms with Crippen molar-refractivity contribution in [2.45, 2.75) is 13.8 Å². The second-order valence-corrected chi connectivity index (χ2v) is 5.39. The molecule has 0 radical (unpaired) electrons. The first-order valence-electron chi connectivity index (χ1n) is 7.20. The minimum Gasteiger partial charge on any atom is -0.357 e. The lowest BCUT2D eigenvalue weighted by molar-refractivity contribution is -0.904. The van der Waals surface area contributed by atoms with Crippen LogP contribution in [0, 0.1) is 10.1 Å². The number of nitrogens with zero attached hydrogens (tertiary/aromatic N) is 4. The van der Waals surface area contributed by atoms with Gasteiger partial charge in [-0.15, -0.1) is 5.10 Å². The molecule has 0 saturated heterocycles. The minimum atomic E-state index is -0.377. The molecule has 0 amide bonds. The van der Waals surface area contributed by atoms with Crippen LogP contribution in [-0.4, -0.2) is 52.2 Å². The first kappa shape index (κ1) is 15.2. The van der Waals surface area contributed by atoms with Crippen LogP contribution in [0.3, 0.4) is 0 Å². The Bertz CT molecular complexity index is 633.